The molecule has 0 amide bonds. The Balaban J connectivity index is 2.41. The fraction of sp³-hybridized carbons (Fsp3) is 0.500. The zero-order valence-corrected chi connectivity index (χ0v) is 7.66. The second kappa shape index (κ2) is 4.75. The molecule has 0 fully saturated rings. The first-order valence-electron chi connectivity index (χ1n) is 4.40. The molecule has 1 aromatic heterocycles. The number of aromatic nitrogens is 1. The van der Waals surface area contributed by atoms with Crippen LogP contribution in [0.5, 0.6) is 5.88 Å². The van der Waals surface area contributed by atoms with Crippen molar-refractivity contribution >= 4 is 0 Å². The van der Waals surface area contributed by atoms with E-state index < -0.39 is 0 Å². The summed E-state index contributed by atoms with van der Waals surface area (Å²) < 4.78 is 5.54. The van der Waals surface area contributed by atoms with Gasteiger partial charge in [-0.3, -0.25) is 0 Å². The highest BCUT2D eigenvalue weighted by molar-refractivity contribution is 5.09. The molecule has 1 heterocycles. The van der Waals surface area contributed by atoms with E-state index in [0.717, 1.165) is 18.7 Å². The van der Waals surface area contributed by atoms with E-state index in [1.54, 1.807) is 6.20 Å². The fourth-order valence-corrected chi connectivity index (χ4v) is 1.09. The van der Waals surface area contributed by atoms with Crippen molar-refractivity contribution < 1.29 is 4.74 Å². The molecule has 1 atom stereocenters. The van der Waals surface area contributed by atoms with Crippen molar-refractivity contribution in [2.75, 3.05) is 0 Å². The van der Waals surface area contributed by atoms with E-state index in [-0.39, 0.29) is 6.10 Å². The van der Waals surface area contributed by atoms with E-state index in [4.69, 9.17) is 4.74 Å². The molecule has 0 aliphatic heterocycles. The molecule has 0 saturated carbocycles. The molecule has 2 heteroatoms. The highest BCUT2D eigenvalue weighted by atomic mass is 16.5. The van der Waals surface area contributed by atoms with Crippen LogP contribution in [0.3, 0.4) is 0 Å². The summed E-state index contributed by atoms with van der Waals surface area (Å²) in [7, 11) is 0. The summed E-state index contributed by atoms with van der Waals surface area (Å²) in [4.78, 5) is 4.08. The highest BCUT2D eigenvalue weighted by Crippen LogP contribution is 2.08. The number of hydrogen-bond acceptors (Lipinski definition) is 2. The molecule has 12 heavy (non-hydrogen) atoms. The van der Waals surface area contributed by atoms with Crippen molar-refractivity contribution in [2.24, 2.45) is 0 Å². The molecular formula is C10H15NO. The zero-order valence-electron chi connectivity index (χ0n) is 7.66. The van der Waals surface area contributed by atoms with Gasteiger partial charge in [-0.25, -0.2) is 4.98 Å². The van der Waals surface area contributed by atoms with Crippen LogP contribution in [0.15, 0.2) is 24.4 Å². The van der Waals surface area contributed by atoms with Gasteiger partial charge < -0.3 is 4.74 Å². The predicted octanol–water partition coefficient (Wildman–Crippen LogP) is 2.65. The Labute approximate surface area is 73.6 Å². The summed E-state index contributed by atoms with van der Waals surface area (Å²) in [6, 6.07) is 5.70. The lowest BCUT2D eigenvalue weighted by Gasteiger charge is -2.11. The van der Waals surface area contributed by atoms with Gasteiger partial charge in [0.1, 0.15) is 0 Å². The van der Waals surface area contributed by atoms with Crippen LogP contribution in [0.1, 0.15) is 26.7 Å². The van der Waals surface area contributed by atoms with Crippen molar-refractivity contribution in [3.8, 4) is 5.88 Å². The molecule has 2 nitrogen and oxygen atoms in total. The first-order valence-corrected chi connectivity index (χ1v) is 4.40. The van der Waals surface area contributed by atoms with Gasteiger partial charge in [-0.05, 0) is 19.4 Å². The van der Waals surface area contributed by atoms with E-state index in [1.165, 1.54) is 0 Å². The summed E-state index contributed by atoms with van der Waals surface area (Å²) >= 11 is 0. The summed E-state index contributed by atoms with van der Waals surface area (Å²) in [6.45, 7) is 4.22. The number of nitrogens with zero attached hydrogens (tertiary/aromatic N) is 1. The van der Waals surface area contributed by atoms with Gasteiger partial charge >= 0.3 is 0 Å². The number of hydrogen-bond donors (Lipinski definition) is 0. The van der Waals surface area contributed by atoms with E-state index in [9.17, 15) is 0 Å². The minimum absolute atomic E-state index is 0.268. The van der Waals surface area contributed by atoms with Gasteiger partial charge in [0.05, 0.1) is 6.10 Å². The molecule has 0 aliphatic rings. The van der Waals surface area contributed by atoms with Crippen LogP contribution < -0.4 is 4.74 Å². The van der Waals surface area contributed by atoms with Gasteiger partial charge in [0.25, 0.3) is 0 Å². The van der Waals surface area contributed by atoms with Gasteiger partial charge in [-0.1, -0.05) is 19.4 Å². The second-order valence-corrected chi connectivity index (χ2v) is 2.89. The Morgan fingerprint density at radius 2 is 2.33 bits per heavy atom. The van der Waals surface area contributed by atoms with Gasteiger partial charge in [0.15, 0.2) is 0 Å². The molecule has 1 aromatic rings. The molecule has 0 N–H and O–H groups in total. The zero-order chi connectivity index (χ0) is 8.81. The van der Waals surface area contributed by atoms with Gasteiger partial charge in [0, 0.05) is 12.3 Å². The van der Waals surface area contributed by atoms with Crippen LogP contribution >= 0.6 is 0 Å². The van der Waals surface area contributed by atoms with E-state index in [2.05, 4.69) is 18.8 Å². The minimum Gasteiger partial charge on any atom is -0.475 e. The smallest absolute Gasteiger partial charge is 0.213 e. The maximum absolute atomic E-state index is 5.54. The van der Waals surface area contributed by atoms with Gasteiger partial charge in [0.2, 0.25) is 5.88 Å². The van der Waals surface area contributed by atoms with Gasteiger partial charge in [-0.15, -0.1) is 0 Å². The molecule has 1 rings (SSSR count). The molecule has 0 radical (unpaired) electrons. The molecule has 0 aromatic carbocycles. The van der Waals surface area contributed by atoms with E-state index in [0.29, 0.717) is 0 Å². The maximum atomic E-state index is 5.54. The van der Waals surface area contributed by atoms with Crippen LogP contribution in [0, 0.1) is 0 Å². The molecule has 66 valence electrons. The quantitative estimate of drug-likeness (QED) is 0.684. The van der Waals surface area contributed by atoms with Crippen LogP contribution in [-0.2, 0) is 0 Å². The van der Waals surface area contributed by atoms with E-state index >= 15 is 0 Å². The third-order valence-electron chi connectivity index (χ3n) is 1.65. The number of rotatable bonds is 4. The van der Waals surface area contributed by atoms with Crippen molar-refractivity contribution in [3.63, 3.8) is 0 Å². The molecule has 0 aliphatic carbocycles. The minimum atomic E-state index is 0.268. The topological polar surface area (TPSA) is 22.1 Å². The van der Waals surface area contributed by atoms with Crippen LogP contribution in [0.2, 0.25) is 0 Å². The monoisotopic (exact) mass is 165 g/mol. The molecule has 0 spiro atoms. The third-order valence-corrected chi connectivity index (χ3v) is 1.65. The van der Waals surface area contributed by atoms with Crippen LogP contribution in [0.25, 0.3) is 0 Å². The van der Waals surface area contributed by atoms with Crippen molar-refractivity contribution in [2.45, 2.75) is 32.8 Å². The first-order chi connectivity index (χ1) is 5.83. The summed E-state index contributed by atoms with van der Waals surface area (Å²) in [6.07, 6.45) is 4.24. The first kappa shape index (κ1) is 9.04. The van der Waals surface area contributed by atoms with Crippen LogP contribution in [-0.4, -0.2) is 11.1 Å². The fourth-order valence-electron chi connectivity index (χ4n) is 1.09. The Bertz CT molecular complexity index is 210. The maximum Gasteiger partial charge on any atom is 0.213 e. The lowest BCUT2D eigenvalue weighted by molar-refractivity contribution is 0.201. The largest absolute Gasteiger partial charge is 0.475 e. The SMILES string of the molecule is CCCC(C)Oc1ccccn1. The Kier molecular flexibility index (Phi) is 3.58. The number of ether oxygens (including phenoxy) is 1. The van der Waals surface area contributed by atoms with Crippen molar-refractivity contribution in [1.82, 2.24) is 4.98 Å². The average molecular weight is 165 g/mol. The lowest BCUT2D eigenvalue weighted by atomic mass is 10.2. The second-order valence-electron chi connectivity index (χ2n) is 2.89. The van der Waals surface area contributed by atoms with Crippen LogP contribution in [0.4, 0.5) is 0 Å². The molecule has 0 bridgehead atoms. The average Bonchev–Trinajstić information content (AvgIpc) is 2.06. The highest BCUT2D eigenvalue weighted by Gasteiger charge is 2.01. The summed E-state index contributed by atoms with van der Waals surface area (Å²) in [5.41, 5.74) is 0. The molecule has 1 unspecified atom stereocenters. The van der Waals surface area contributed by atoms with E-state index in [1.807, 2.05) is 18.2 Å². The third kappa shape index (κ3) is 2.91. The normalized spacial score (nSPS) is 12.5. The predicted molar refractivity (Wildman–Crippen MR) is 49.2 cm³/mol. The lowest BCUT2D eigenvalue weighted by Crippen LogP contribution is -2.11. The Morgan fingerprint density at radius 1 is 1.50 bits per heavy atom. The number of pyridine rings is 1. The standard InChI is InChI=1S/C10H15NO/c1-3-6-9(2)12-10-7-4-5-8-11-10/h4-5,7-9H,3,6H2,1-2H3. The molecule has 0 saturated heterocycles. The van der Waals surface area contributed by atoms with Crippen molar-refractivity contribution in [1.29, 1.82) is 0 Å². The summed E-state index contributed by atoms with van der Waals surface area (Å²) in [5, 5.41) is 0. The Hall–Kier alpha value is -1.05. The molecular weight excluding hydrogens is 150 g/mol. The van der Waals surface area contributed by atoms with Crippen molar-refractivity contribution in [3.05, 3.63) is 24.4 Å². The summed E-state index contributed by atoms with van der Waals surface area (Å²) in [5.74, 6) is 0.721. The van der Waals surface area contributed by atoms with Gasteiger partial charge in [-0.2, -0.15) is 0 Å². The Morgan fingerprint density at radius 3 is 2.92 bits per heavy atom.